The maximum atomic E-state index is 13.7. The number of hydrogen-bond acceptors (Lipinski definition) is 9. The zero-order valence-electron chi connectivity index (χ0n) is 25.7. The molecule has 11 nitrogen and oxygen atoms in total. The van der Waals surface area contributed by atoms with Crippen molar-refractivity contribution in [2.75, 3.05) is 6.54 Å². The van der Waals surface area contributed by atoms with Gasteiger partial charge in [-0.25, -0.2) is 14.6 Å². The number of alkyl carbamates (subject to hydrolysis) is 1. The number of aliphatic hydroxyl groups is 1. The number of likely N-dealkylation sites (tertiary alicyclic amines) is 1. The molecule has 3 N–H and O–H groups in total. The second-order valence-corrected chi connectivity index (χ2v) is 12.6. The van der Waals surface area contributed by atoms with E-state index in [1.165, 1.54) is 16.2 Å². The number of esters is 1. The number of nitrogens with zero attached hydrogens (tertiary/aromatic N) is 2. The number of nitrogens with one attached hydrogen (secondary N) is 2. The highest BCUT2D eigenvalue weighted by Gasteiger charge is 2.41. The Morgan fingerprint density at radius 1 is 1.00 bits per heavy atom. The number of carbonyl (C=O) groups excluding carboxylic acids is 4. The third-order valence-electron chi connectivity index (χ3n) is 7.19. The molecule has 0 spiro atoms. The largest absolute Gasteiger partial charge is 0.458 e. The zero-order chi connectivity index (χ0) is 32.4. The summed E-state index contributed by atoms with van der Waals surface area (Å²) in [4.78, 5) is 58.7. The van der Waals surface area contributed by atoms with E-state index in [9.17, 15) is 24.3 Å². The number of aliphatic hydroxyl groups excluding tert-OH is 1. The minimum Gasteiger partial charge on any atom is -0.458 e. The van der Waals surface area contributed by atoms with Crippen LogP contribution in [0.15, 0.2) is 71.6 Å². The van der Waals surface area contributed by atoms with Gasteiger partial charge < -0.3 is 30.1 Å². The van der Waals surface area contributed by atoms with E-state index < -0.39 is 53.7 Å². The molecule has 3 aromatic rings. The number of hydrogen-bond donors (Lipinski definition) is 3. The summed E-state index contributed by atoms with van der Waals surface area (Å²) in [5, 5.41) is 18.6. The average Bonchev–Trinajstić information content (AvgIpc) is 3.72. The van der Waals surface area contributed by atoms with Crippen molar-refractivity contribution < 1.29 is 33.8 Å². The summed E-state index contributed by atoms with van der Waals surface area (Å²) in [6, 6.07) is 15.2. The maximum Gasteiger partial charge on any atom is 0.408 e. The van der Waals surface area contributed by atoms with Gasteiger partial charge >= 0.3 is 12.1 Å². The molecule has 1 aliphatic rings. The van der Waals surface area contributed by atoms with Crippen LogP contribution in [-0.2, 0) is 43.3 Å². The third-order valence-corrected chi connectivity index (χ3v) is 7.83. The van der Waals surface area contributed by atoms with E-state index in [1.54, 1.807) is 31.7 Å². The van der Waals surface area contributed by atoms with Crippen LogP contribution in [0.4, 0.5) is 4.79 Å². The monoisotopic (exact) mass is 636 g/mol. The molecule has 4 rings (SSSR count). The first kappa shape index (κ1) is 33.6. The van der Waals surface area contributed by atoms with E-state index in [2.05, 4.69) is 15.6 Å². The van der Waals surface area contributed by atoms with Crippen molar-refractivity contribution in [1.82, 2.24) is 20.5 Å². The number of benzene rings is 2. The number of ether oxygens (including phenoxy) is 2. The molecule has 1 aromatic heterocycles. The molecule has 2 aromatic carbocycles. The molecule has 45 heavy (non-hydrogen) atoms. The first-order valence-corrected chi connectivity index (χ1v) is 15.8. The molecule has 1 aliphatic heterocycles. The van der Waals surface area contributed by atoms with Crippen LogP contribution < -0.4 is 10.6 Å². The maximum absolute atomic E-state index is 13.7. The normalized spacial score (nSPS) is 16.7. The molecule has 0 bridgehead atoms. The summed E-state index contributed by atoms with van der Waals surface area (Å²) in [6.45, 7) is 5.53. The Morgan fingerprint density at radius 3 is 2.29 bits per heavy atom. The molecule has 1 fully saturated rings. The molecular weight excluding hydrogens is 596 g/mol. The van der Waals surface area contributed by atoms with Gasteiger partial charge in [-0.15, -0.1) is 11.3 Å². The van der Waals surface area contributed by atoms with Gasteiger partial charge in [-0.05, 0) is 51.2 Å². The van der Waals surface area contributed by atoms with Gasteiger partial charge in [-0.3, -0.25) is 9.59 Å². The van der Waals surface area contributed by atoms with Crippen molar-refractivity contribution in [2.24, 2.45) is 0 Å². The highest BCUT2D eigenvalue weighted by molar-refractivity contribution is 7.07. The summed E-state index contributed by atoms with van der Waals surface area (Å²) < 4.78 is 10.9. The van der Waals surface area contributed by atoms with Crippen molar-refractivity contribution in [3.05, 3.63) is 88.4 Å². The second-order valence-electron chi connectivity index (χ2n) is 11.9. The Bertz CT molecular complexity index is 1410. The molecule has 4 atom stereocenters. The van der Waals surface area contributed by atoms with Crippen LogP contribution in [0.5, 0.6) is 0 Å². The fourth-order valence-corrected chi connectivity index (χ4v) is 5.62. The summed E-state index contributed by atoms with van der Waals surface area (Å²) in [7, 11) is 0. The quantitative estimate of drug-likeness (QED) is 0.257. The molecule has 240 valence electrons. The van der Waals surface area contributed by atoms with E-state index in [1.807, 2.05) is 60.7 Å². The van der Waals surface area contributed by atoms with Crippen molar-refractivity contribution in [3.63, 3.8) is 0 Å². The molecule has 2 unspecified atom stereocenters. The van der Waals surface area contributed by atoms with Crippen LogP contribution in [0.25, 0.3) is 0 Å². The van der Waals surface area contributed by atoms with Crippen LogP contribution in [0.1, 0.15) is 50.4 Å². The minimum absolute atomic E-state index is 0.0101. The van der Waals surface area contributed by atoms with E-state index in [-0.39, 0.29) is 26.0 Å². The molecule has 0 radical (unpaired) electrons. The number of rotatable bonds is 12. The predicted octanol–water partition coefficient (Wildman–Crippen LogP) is 3.40. The molecule has 2 heterocycles. The number of amides is 3. The summed E-state index contributed by atoms with van der Waals surface area (Å²) in [5.74, 6) is -1.85. The third kappa shape index (κ3) is 10.1. The van der Waals surface area contributed by atoms with Crippen LogP contribution in [0.3, 0.4) is 0 Å². The topological polar surface area (TPSA) is 147 Å². The van der Waals surface area contributed by atoms with Gasteiger partial charge in [0.1, 0.15) is 24.3 Å². The van der Waals surface area contributed by atoms with E-state index in [0.717, 1.165) is 11.1 Å². The van der Waals surface area contributed by atoms with Crippen molar-refractivity contribution >= 4 is 35.2 Å². The molecule has 0 saturated carbocycles. The van der Waals surface area contributed by atoms with Crippen LogP contribution >= 0.6 is 11.3 Å². The Hall–Kier alpha value is -4.29. The lowest BCUT2D eigenvalue weighted by molar-refractivity contribution is -0.165. The first-order chi connectivity index (χ1) is 21.5. The fraction of sp³-hybridized carbons (Fsp3) is 0.424. The molecule has 1 saturated heterocycles. The summed E-state index contributed by atoms with van der Waals surface area (Å²) in [5.41, 5.74) is 3.01. The van der Waals surface area contributed by atoms with Crippen molar-refractivity contribution in [1.29, 1.82) is 0 Å². The highest BCUT2D eigenvalue weighted by atomic mass is 32.1. The van der Waals surface area contributed by atoms with Gasteiger partial charge in [0.05, 0.1) is 17.2 Å². The number of carbonyl (C=O) groups is 4. The van der Waals surface area contributed by atoms with E-state index in [4.69, 9.17) is 9.47 Å². The predicted molar refractivity (Wildman–Crippen MR) is 168 cm³/mol. The van der Waals surface area contributed by atoms with E-state index >= 15 is 0 Å². The smallest absolute Gasteiger partial charge is 0.408 e. The highest BCUT2D eigenvalue weighted by Crippen LogP contribution is 2.23. The lowest BCUT2D eigenvalue weighted by Crippen LogP contribution is -2.58. The SMILES string of the molecule is CC(C)(C)OC(=O)[C@@H]1CCCN1C(=O)C(O)C(Cc1ccccc1)NC(=O)[C@H](Cc1cscn1)NC(=O)OCc1ccccc1. The van der Waals surface area contributed by atoms with Crippen LogP contribution in [-0.4, -0.2) is 75.2 Å². The van der Waals surface area contributed by atoms with Gasteiger partial charge in [0, 0.05) is 18.3 Å². The van der Waals surface area contributed by atoms with Crippen molar-refractivity contribution in [2.45, 2.75) is 82.9 Å². The fourth-order valence-electron chi connectivity index (χ4n) is 5.04. The minimum atomic E-state index is -1.68. The van der Waals surface area contributed by atoms with Gasteiger partial charge in [0.15, 0.2) is 6.10 Å². The Labute approximate surface area is 266 Å². The molecule has 3 amide bonds. The van der Waals surface area contributed by atoms with Crippen LogP contribution in [0.2, 0.25) is 0 Å². The molecule has 12 heteroatoms. The Balaban J connectivity index is 1.51. The number of thiazole rings is 1. The number of aromatic nitrogens is 1. The average molecular weight is 637 g/mol. The summed E-state index contributed by atoms with van der Waals surface area (Å²) >= 11 is 1.35. The van der Waals surface area contributed by atoms with Gasteiger partial charge in [0.2, 0.25) is 5.91 Å². The van der Waals surface area contributed by atoms with Crippen LogP contribution in [0, 0.1) is 0 Å². The molecule has 0 aliphatic carbocycles. The standard InChI is InChI=1S/C33H40N4O7S/c1-33(2,3)44-31(41)27-15-10-16-37(27)30(40)28(38)25(17-22-11-6-4-7-12-22)35-29(39)26(18-24-20-45-21-34-24)36-32(42)43-19-23-13-8-5-9-14-23/h4-9,11-14,20-21,25-28,38H,10,15-19H2,1-3H3,(H,35,39)(H,36,42)/t25?,26-,27-,28?/m0/s1. The lowest BCUT2D eigenvalue weighted by Gasteiger charge is -2.32. The van der Waals surface area contributed by atoms with Gasteiger partial charge in [-0.1, -0.05) is 60.7 Å². The first-order valence-electron chi connectivity index (χ1n) is 14.9. The summed E-state index contributed by atoms with van der Waals surface area (Å²) in [6.07, 6.45) is -1.32. The van der Waals surface area contributed by atoms with Crippen molar-refractivity contribution in [3.8, 4) is 0 Å². The Kier molecular flexibility index (Phi) is 11.7. The van der Waals surface area contributed by atoms with Gasteiger partial charge in [-0.2, -0.15) is 0 Å². The lowest BCUT2D eigenvalue weighted by atomic mass is 9.99. The Morgan fingerprint density at radius 2 is 1.67 bits per heavy atom. The van der Waals surface area contributed by atoms with Gasteiger partial charge in [0.25, 0.3) is 5.91 Å². The molecular formula is C33H40N4O7S. The second kappa shape index (κ2) is 15.6. The zero-order valence-corrected chi connectivity index (χ0v) is 26.5. The van der Waals surface area contributed by atoms with E-state index in [0.29, 0.717) is 18.5 Å².